The topological polar surface area (TPSA) is 72.2 Å². The van der Waals surface area contributed by atoms with E-state index in [0.717, 1.165) is 0 Å². The molecule has 0 aliphatic rings. The lowest BCUT2D eigenvalue weighted by molar-refractivity contribution is -0.384. The van der Waals surface area contributed by atoms with Crippen molar-refractivity contribution in [3.05, 3.63) is 69.2 Å². The van der Waals surface area contributed by atoms with E-state index in [1.807, 2.05) is 0 Å². The molecule has 0 aliphatic carbocycles. The Balaban J connectivity index is 2.01. The van der Waals surface area contributed by atoms with Gasteiger partial charge in [0.1, 0.15) is 0 Å². The van der Waals surface area contributed by atoms with Gasteiger partial charge >= 0.3 is 0 Å². The highest BCUT2D eigenvalue weighted by molar-refractivity contribution is 6.30. The van der Waals surface area contributed by atoms with Crippen LogP contribution in [-0.4, -0.2) is 17.3 Å². The molecule has 2 aromatic rings. The van der Waals surface area contributed by atoms with E-state index in [1.54, 1.807) is 36.4 Å². The zero-order valence-corrected chi connectivity index (χ0v) is 11.1. The van der Waals surface area contributed by atoms with Crippen molar-refractivity contribution in [2.24, 2.45) is 0 Å². The molecule has 0 unspecified atom stereocenters. The average molecular weight is 291 g/mol. The number of anilines is 1. The fourth-order valence-electron chi connectivity index (χ4n) is 1.65. The lowest BCUT2D eigenvalue weighted by Crippen LogP contribution is -2.13. The van der Waals surface area contributed by atoms with Gasteiger partial charge in [-0.15, -0.1) is 0 Å². The summed E-state index contributed by atoms with van der Waals surface area (Å²) in [5.41, 5.74) is 1.04. The number of rotatable bonds is 5. The van der Waals surface area contributed by atoms with E-state index in [9.17, 15) is 14.9 Å². The normalized spacial score (nSPS) is 10.1. The molecule has 0 heterocycles. The number of hydrogen-bond acceptors (Lipinski definition) is 4. The van der Waals surface area contributed by atoms with E-state index in [4.69, 9.17) is 11.6 Å². The van der Waals surface area contributed by atoms with Gasteiger partial charge in [-0.3, -0.25) is 14.9 Å². The molecule has 6 heteroatoms. The number of carbonyl (C=O) groups is 1. The average Bonchev–Trinajstić information content (AvgIpc) is 2.46. The first kappa shape index (κ1) is 14.0. The van der Waals surface area contributed by atoms with Gasteiger partial charge in [0.2, 0.25) is 0 Å². The number of hydrogen-bond donors (Lipinski definition) is 1. The minimum Gasteiger partial charge on any atom is -0.377 e. The maximum absolute atomic E-state index is 11.9. The maximum atomic E-state index is 11.9. The molecular formula is C14H11ClN2O3. The Hall–Kier alpha value is -2.40. The number of Topliss-reactive ketones (excluding diaryl/α,β-unsaturated/α-hetero) is 1. The van der Waals surface area contributed by atoms with Crippen LogP contribution in [0.1, 0.15) is 10.4 Å². The van der Waals surface area contributed by atoms with Gasteiger partial charge < -0.3 is 5.32 Å². The number of ketones is 1. The van der Waals surface area contributed by atoms with Crippen LogP contribution in [0.25, 0.3) is 0 Å². The Morgan fingerprint density at radius 3 is 2.55 bits per heavy atom. The molecular weight excluding hydrogens is 280 g/mol. The van der Waals surface area contributed by atoms with E-state index in [2.05, 4.69) is 5.32 Å². The monoisotopic (exact) mass is 290 g/mol. The number of benzene rings is 2. The molecule has 0 atom stereocenters. The molecule has 20 heavy (non-hydrogen) atoms. The second-order valence-corrected chi connectivity index (χ2v) is 4.53. The first-order chi connectivity index (χ1) is 9.56. The van der Waals surface area contributed by atoms with E-state index in [-0.39, 0.29) is 18.0 Å². The third-order valence-electron chi connectivity index (χ3n) is 2.68. The van der Waals surface area contributed by atoms with Crippen LogP contribution in [0.2, 0.25) is 5.02 Å². The summed E-state index contributed by atoms with van der Waals surface area (Å²) in [5, 5.41) is 14.1. The van der Waals surface area contributed by atoms with Crippen molar-refractivity contribution >= 4 is 28.8 Å². The van der Waals surface area contributed by atoms with Crippen molar-refractivity contribution in [1.29, 1.82) is 0 Å². The molecule has 0 amide bonds. The largest absolute Gasteiger partial charge is 0.377 e. The summed E-state index contributed by atoms with van der Waals surface area (Å²) in [6.07, 6.45) is 0. The molecule has 102 valence electrons. The van der Waals surface area contributed by atoms with Crippen LogP contribution >= 0.6 is 11.6 Å². The minimum absolute atomic E-state index is 0.0195. The van der Waals surface area contributed by atoms with E-state index >= 15 is 0 Å². The van der Waals surface area contributed by atoms with Crippen molar-refractivity contribution in [1.82, 2.24) is 0 Å². The summed E-state index contributed by atoms with van der Waals surface area (Å²) >= 11 is 5.75. The van der Waals surface area contributed by atoms with Crippen LogP contribution < -0.4 is 5.32 Å². The molecule has 0 saturated carbocycles. The molecule has 2 aromatic carbocycles. The van der Waals surface area contributed by atoms with Crippen molar-refractivity contribution in [2.45, 2.75) is 0 Å². The Kier molecular flexibility index (Phi) is 4.32. The van der Waals surface area contributed by atoms with Gasteiger partial charge in [0.15, 0.2) is 5.78 Å². The van der Waals surface area contributed by atoms with Crippen LogP contribution in [0.4, 0.5) is 11.4 Å². The molecule has 0 aliphatic heterocycles. The van der Waals surface area contributed by atoms with Gasteiger partial charge in [-0.2, -0.15) is 0 Å². The standard InChI is InChI=1S/C14H11ClN2O3/c15-11-6-4-10(5-7-11)14(18)9-16-12-2-1-3-13(8-12)17(19)20/h1-8,16H,9H2. The van der Waals surface area contributed by atoms with Crippen LogP contribution in [0, 0.1) is 10.1 Å². The number of nitro groups is 1. The Bertz CT molecular complexity index is 641. The van der Waals surface area contributed by atoms with Crippen molar-refractivity contribution in [3.8, 4) is 0 Å². The summed E-state index contributed by atoms with van der Waals surface area (Å²) in [7, 11) is 0. The van der Waals surface area contributed by atoms with Gasteiger partial charge in [-0.1, -0.05) is 17.7 Å². The molecule has 0 fully saturated rings. The number of non-ortho nitro benzene ring substituents is 1. The zero-order valence-electron chi connectivity index (χ0n) is 10.4. The molecule has 0 radical (unpaired) electrons. The van der Waals surface area contributed by atoms with E-state index in [0.29, 0.717) is 16.3 Å². The molecule has 2 rings (SSSR count). The third kappa shape index (κ3) is 3.55. The predicted molar refractivity (Wildman–Crippen MR) is 77.4 cm³/mol. The first-order valence-electron chi connectivity index (χ1n) is 5.83. The van der Waals surface area contributed by atoms with Gasteiger partial charge in [-0.25, -0.2) is 0 Å². The maximum Gasteiger partial charge on any atom is 0.271 e. The SMILES string of the molecule is O=C(CNc1cccc([N+](=O)[O-])c1)c1ccc(Cl)cc1. The molecule has 0 aromatic heterocycles. The Morgan fingerprint density at radius 2 is 1.90 bits per heavy atom. The zero-order chi connectivity index (χ0) is 14.5. The highest BCUT2D eigenvalue weighted by Gasteiger charge is 2.08. The summed E-state index contributed by atoms with van der Waals surface area (Å²) in [4.78, 5) is 22.1. The predicted octanol–water partition coefficient (Wildman–Crippen LogP) is 3.54. The lowest BCUT2D eigenvalue weighted by atomic mass is 10.1. The Labute approximate surface area is 120 Å². The molecule has 5 nitrogen and oxygen atoms in total. The summed E-state index contributed by atoms with van der Waals surface area (Å²) in [5.74, 6) is -0.117. The summed E-state index contributed by atoms with van der Waals surface area (Å²) in [6, 6.07) is 12.6. The van der Waals surface area contributed by atoms with Crippen LogP contribution in [-0.2, 0) is 0 Å². The summed E-state index contributed by atoms with van der Waals surface area (Å²) < 4.78 is 0. The fourth-order valence-corrected chi connectivity index (χ4v) is 1.78. The van der Waals surface area contributed by atoms with Crippen molar-refractivity contribution < 1.29 is 9.72 Å². The lowest BCUT2D eigenvalue weighted by Gasteiger charge is -2.05. The number of nitro benzene ring substituents is 1. The molecule has 0 saturated heterocycles. The number of halogens is 1. The van der Waals surface area contributed by atoms with Crippen LogP contribution in [0.3, 0.4) is 0 Å². The molecule has 1 N–H and O–H groups in total. The van der Waals surface area contributed by atoms with Gasteiger partial charge in [0.05, 0.1) is 11.5 Å². The Morgan fingerprint density at radius 1 is 1.20 bits per heavy atom. The highest BCUT2D eigenvalue weighted by atomic mass is 35.5. The number of nitrogens with one attached hydrogen (secondary N) is 1. The molecule has 0 spiro atoms. The van der Waals surface area contributed by atoms with Crippen LogP contribution in [0.15, 0.2) is 48.5 Å². The van der Waals surface area contributed by atoms with Gasteiger partial charge in [-0.05, 0) is 30.3 Å². The second kappa shape index (κ2) is 6.16. The van der Waals surface area contributed by atoms with Gasteiger partial charge in [0, 0.05) is 28.4 Å². The summed E-state index contributed by atoms with van der Waals surface area (Å²) in [6.45, 7) is 0.0583. The minimum atomic E-state index is -0.480. The van der Waals surface area contributed by atoms with Crippen molar-refractivity contribution in [2.75, 3.05) is 11.9 Å². The quantitative estimate of drug-likeness (QED) is 0.519. The van der Waals surface area contributed by atoms with E-state index in [1.165, 1.54) is 12.1 Å². The number of nitrogens with zero attached hydrogens (tertiary/aromatic N) is 1. The van der Waals surface area contributed by atoms with E-state index < -0.39 is 4.92 Å². The van der Waals surface area contributed by atoms with Crippen molar-refractivity contribution in [3.63, 3.8) is 0 Å². The first-order valence-corrected chi connectivity index (χ1v) is 6.21. The number of carbonyl (C=O) groups excluding carboxylic acids is 1. The molecule has 0 bridgehead atoms. The highest BCUT2D eigenvalue weighted by Crippen LogP contribution is 2.17. The second-order valence-electron chi connectivity index (χ2n) is 4.09. The third-order valence-corrected chi connectivity index (χ3v) is 2.93. The smallest absolute Gasteiger partial charge is 0.271 e. The fraction of sp³-hybridized carbons (Fsp3) is 0.0714. The van der Waals surface area contributed by atoms with Gasteiger partial charge in [0.25, 0.3) is 5.69 Å². The van der Waals surface area contributed by atoms with Crippen LogP contribution in [0.5, 0.6) is 0 Å².